The highest BCUT2D eigenvalue weighted by Crippen LogP contribution is 1.98. The van der Waals surface area contributed by atoms with Crippen molar-refractivity contribution in [1.82, 2.24) is 5.32 Å². The molecular formula is C4H9NO7S2. The van der Waals surface area contributed by atoms with Gasteiger partial charge < -0.3 is 5.32 Å². The third-order valence-electron chi connectivity index (χ3n) is 1.09. The van der Waals surface area contributed by atoms with Crippen LogP contribution in [0.2, 0.25) is 0 Å². The van der Waals surface area contributed by atoms with Gasteiger partial charge in [0, 0.05) is 6.92 Å². The average Bonchev–Trinajstić information content (AvgIpc) is 1.78. The van der Waals surface area contributed by atoms with Crippen molar-refractivity contribution in [1.29, 1.82) is 0 Å². The van der Waals surface area contributed by atoms with Crippen LogP contribution >= 0.6 is 0 Å². The topological polar surface area (TPSA) is 138 Å². The van der Waals surface area contributed by atoms with E-state index in [1.807, 2.05) is 0 Å². The first-order chi connectivity index (χ1) is 6.02. The van der Waals surface area contributed by atoms with Crippen molar-refractivity contribution in [2.45, 2.75) is 12.3 Å². The molecule has 0 aliphatic carbocycles. The van der Waals surface area contributed by atoms with Crippen LogP contribution < -0.4 is 5.32 Å². The van der Waals surface area contributed by atoms with Gasteiger partial charge >= 0.3 is 0 Å². The normalized spacial score (nSPS) is 14.8. The van der Waals surface area contributed by atoms with Crippen molar-refractivity contribution in [2.24, 2.45) is 0 Å². The second-order valence-corrected chi connectivity index (χ2v) is 5.55. The number of nitrogens with one attached hydrogen (secondary N) is 1. The number of carbonyl (C=O) groups is 1. The molecule has 0 aromatic carbocycles. The smallest absolute Gasteiger partial charge is 0.287 e. The molecule has 8 nitrogen and oxygen atoms in total. The Hall–Kier alpha value is -0.710. The van der Waals surface area contributed by atoms with Gasteiger partial charge in [0.25, 0.3) is 20.2 Å². The third-order valence-corrected chi connectivity index (χ3v) is 3.05. The molecule has 1 atom stereocenters. The summed E-state index contributed by atoms with van der Waals surface area (Å²) in [6, 6.07) is 0. The van der Waals surface area contributed by atoms with E-state index in [4.69, 9.17) is 9.11 Å². The van der Waals surface area contributed by atoms with E-state index in [2.05, 4.69) is 0 Å². The van der Waals surface area contributed by atoms with Gasteiger partial charge in [-0.3, -0.25) is 13.9 Å². The molecule has 10 heteroatoms. The fraction of sp³-hybridized carbons (Fsp3) is 0.750. The van der Waals surface area contributed by atoms with E-state index in [-0.39, 0.29) is 0 Å². The van der Waals surface area contributed by atoms with Gasteiger partial charge in [0.1, 0.15) is 5.75 Å². The van der Waals surface area contributed by atoms with Gasteiger partial charge in [0.05, 0.1) is 0 Å². The van der Waals surface area contributed by atoms with Crippen LogP contribution in [-0.4, -0.2) is 43.0 Å². The van der Waals surface area contributed by atoms with E-state index in [9.17, 15) is 21.6 Å². The number of rotatable bonds is 4. The van der Waals surface area contributed by atoms with Crippen LogP contribution in [0.5, 0.6) is 0 Å². The maximum Gasteiger partial charge on any atom is 0.287 e. The second kappa shape index (κ2) is 4.21. The van der Waals surface area contributed by atoms with Crippen LogP contribution in [-0.2, 0) is 25.0 Å². The first-order valence-corrected chi connectivity index (χ1v) is 6.32. The van der Waals surface area contributed by atoms with Crippen molar-refractivity contribution < 1.29 is 30.7 Å². The van der Waals surface area contributed by atoms with Gasteiger partial charge in [-0.25, -0.2) is 0 Å². The minimum atomic E-state index is -4.76. The maximum absolute atomic E-state index is 10.5. The molecule has 14 heavy (non-hydrogen) atoms. The molecule has 0 aliphatic rings. The number of carbonyl (C=O) groups excluding carboxylic acids is 1. The summed E-state index contributed by atoms with van der Waals surface area (Å²) in [5, 5.41) is -0.400. The summed E-state index contributed by atoms with van der Waals surface area (Å²) in [5.41, 5.74) is 0. The van der Waals surface area contributed by atoms with Crippen LogP contribution in [0.3, 0.4) is 0 Å². The van der Waals surface area contributed by atoms with Crippen LogP contribution in [0.4, 0.5) is 0 Å². The molecule has 0 aromatic heterocycles. The molecule has 0 heterocycles. The Morgan fingerprint density at radius 2 is 1.71 bits per heavy atom. The quantitative estimate of drug-likeness (QED) is 0.499. The van der Waals surface area contributed by atoms with Gasteiger partial charge in [-0.1, -0.05) is 0 Å². The molecule has 1 amide bonds. The lowest BCUT2D eigenvalue weighted by Gasteiger charge is -2.12. The summed E-state index contributed by atoms with van der Waals surface area (Å²) in [7, 11) is -9.37. The molecule has 0 aliphatic heterocycles. The number of hydrogen-bond acceptors (Lipinski definition) is 5. The molecule has 0 bridgehead atoms. The molecule has 0 aromatic rings. The van der Waals surface area contributed by atoms with Crippen LogP contribution in [0, 0.1) is 0 Å². The van der Waals surface area contributed by atoms with Gasteiger partial charge in [0.2, 0.25) is 5.91 Å². The second-order valence-electron chi connectivity index (χ2n) is 2.45. The highest BCUT2D eigenvalue weighted by Gasteiger charge is 2.28. The van der Waals surface area contributed by atoms with E-state index in [1.165, 1.54) is 0 Å². The minimum absolute atomic E-state index is 0.851. The van der Waals surface area contributed by atoms with Gasteiger partial charge in [-0.15, -0.1) is 0 Å². The van der Waals surface area contributed by atoms with Crippen LogP contribution in [0.1, 0.15) is 6.92 Å². The van der Waals surface area contributed by atoms with Crippen molar-refractivity contribution in [3.05, 3.63) is 0 Å². The predicted octanol–water partition coefficient (Wildman–Crippen LogP) is -1.78. The highest BCUT2D eigenvalue weighted by atomic mass is 32.2. The predicted molar refractivity (Wildman–Crippen MR) is 45.6 cm³/mol. The summed E-state index contributed by atoms with van der Waals surface area (Å²) in [6.45, 7) is 0.933. The maximum atomic E-state index is 10.5. The van der Waals surface area contributed by atoms with Crippen molar-refractivity contribution in [2.75, 3.05) is 5.75 Å². The molecule has 0 fully saturated rings. The zero-order valence-corrected chi connectivity index (χ0v) is 8.67. The third kappa shape index (κ3) is 5.85. The van der Waals surface area contributed by atoms with E-state index in [1.54, 1.807) is 5.32 Å². The lowest BCUT2D eigenvalue weighted by atomic mass is 10.6. The molecule has 1 unspecified atom stereocenters. The SMILES string of the molecule is CC(=O)NC(CS(=O)(=O)O)S(=O)(=O)O. The van der Waals surface area contributed by atoms with Crippen LogP contribution in [0.15, 0.2) is 0 Å². The molecule has 0 rings (SSSR count). The Labute approximate surface area is 80.8 Å². The zero-order chi connectivity index (χ0) is 11.6. The van der Waals surface area contributed by atoms with E-state index in [0.29, 0.717) is 0 Å². The number of amides is 1. The van der Waals surface area contributed by atoms with Gasteiger partial charge in [-0.05, 0) is 0 Å². The monoisotopic (exact) mass is 247 g/mol. The van der Waals surface area contributed by atoms with Crippen molar-refractivity contribution >= 4 is 26.1 Å². The Morgan fingerprint density at radius 3 is 1.93 bits per heavy atom. The summed E-state index contributed by atoms with van der Waals surface area (Å²) < 4.78 is 58.4. The fourth-order valence-electron chi connectivity index (χ4n) is 0.620. The Bertz CT molecular complexity index is 407. The van der Waals surface area contributed by atoms with E-state index >= 15 is 0 Å². The summed E-state index contributed by atoms with van der Waals surface area (Å²) >= 11 is 0. The van der Waals surface area contributed by atoms with Crippen LogP contribution in [0.25, 0.3) is 0 Å². The Balaban J connectivity index is 4.86. The average molecular weight is 247 g/mol. The molecule has 0 saturated carbocycles. The Morgan fingerprint density at radius 1 is 1.29 bits per heavy atom. The lowest BCUT2D eigenvalue weighted by Crippen LogP contribution is -2.44. The molecule has 3 N–H and O–H groups in total. The highest BCUT2D eigenvalue weighted by molar-refractivity contribution is 7.90. The lowest BCUT2D eigenvalue weighted by molar-refractivity contribution is -0.119. The number of hydrogen-bond donors (Lipinski definition) is 3. The fourth-order valence-corrected chi connectivity index (χ4v) is 2.60. The van der Waals surface area contributed by atoms with E-state index < -0.39 is 37.3 Å². The zero-order valence-electron chi connectivity index (χ0n) is 7.04. The largest absolute Gasteiger partial charge is 0.337 e. The van der Waals surface area contributed by atoms with Gasteiger partial charge in [0.15, 0.2) is 5.37 Å². The molecule has 0 spiro atoms. The Kier molecular flexibility index (Phi) is 4.00. The summed E-state index contributed by atoms with van der Waals surface area (Å²) in [5.74, 6) is -2.15. The van der Waals surface area contributed by atoms with E-state index in [0.717, 1.165) is 6.92 Å². The van der Waals surface area contributed by atoms with Gasteiger partial charge in [-0.2, -0.15) is 16.8 Å². The van der Waals surface area contributed by atoms with Crippen molar-refractivity contribution in [3.63, 3.8) is 0 Å². The molecule has 84 valence electrons. The summed E-state index contributed by atoms with van der Waals surface area (Å²) in [4.78, 5) is 10.4. The first-order valence-electron chi connectivity index (χ1n) is 3.21. The first kappa shape index (κ1) is 13.3. The summed E-state index contributed by atoms with van der Waals surface area (Å²) in [6.07, 6.45) is 0. The van der Waals surface area contributed by atoms with Crippen molar-refractivity contribution in [3.8, 4) is 0 Å². The molecule has 0 radical (unpaired) electrons. The minimum Gasteiger partial charge on any atom is -0.337 e. The molecule has 0 saturated heterocycles. The standard InChI is InChI=1S/C4H9NO7S2/c1-3(6)5-4(14(10,11)12)2-13(7,8)9/h4H,2H2,1H3,(H,5,6)(H,7,8,9)(H,10,11,12). The molecular weight excluding hydrogens is 238 g/mol.